The second kappa shape index (κ2) is 49.9. The minimum atomic E-state index is -0.917. The fraction of sp³-hybridized carbons (Fsp3) is 0.495. The number of nitrogens with one attached hydrogen (secondary N) is 6. The van der Waals surface area contributed by atoms with E-state index in [2.05, 4.69) is 183 Å². The van der Waals surface area contributed by atoms with Crippen LogP contribution in [0.5, 0.6) is 46.0 Å². The van der Waals surface area contributed by atoms with Gasteiger partial charge in [0.15, 0.2) is 0 Å². The van der Waals surface area contributed by atoms with Crippen LogP contribution in [-0.4, -0.2) is 101 Å². The summed E-state index contributed by atoms with van der Waals surface area (Å²) in [6.45, 7) is 43.9. The van der Waals surface area contributed by atoms with Gasteiger partial charge in [-0.15, -0.1) is 0 Å². The van der Waals surface area contributed by atoms with Gasteiger partial charge in [0.05, 0.1) is 110 Å². The number of esters is 2. The Morgan fingerprint density at radius 2 is 0.493 bits per heavy atom. The normalized spacial score (nSPS) is 13.4. The second-order valence-corrected chi connectivity index (χ2v) is 38.2. The van der Waals surface area contributed by atoms with Crippen LogP contribution in [0.1, 0.15) is 359 Å². The van der Waals surface area contributed by atoms with Crippen LogP contribution in [-0.2, 0) is 25.7 Å². The molecule has 1 aliphatic rings. The first-order chi connectivity index (χ1) is 64.1. The van der Waals surface area contributed by atoms with Crippen LogP contribution in [0, 0.1) is 35.5 Å². The Hall–Kier alpha value is -11.9. The maximum Gasteiger partial charge on any atom is 0.337 e. The van der Waals surface area contributed by atoms with E-state index in [0.717, 1.165) is 127 Å². The number of fused-ring (bicyclic) bond motifs is 2. The quantitative estimate of drug-likeness (QED) is 0.0193. The summed E-state index contributed by atoms with van der Waals surface area (Å²) in [5.41, 5.74) is 4.88. The average Bonchev–Trinajstić information content (AvgIpc) is 0.715. The molecule has 23 heteroatoms. The van der Waals surface area contributed by atoms with E-state index in [1.54, 1.807) is 109 Å². The van der Waals surface area contributed by atoms with Gasteiger partial charge in [-0.25, -0.2) is 9.59 Å². The molecule has 0 radical (unpaired) electrons. The van der Waals surface area contributed by atoms with Crippen LogP contribution in [0.25, 0.3) is 0 Å². The summed E-state index contributed by atoms with van der Waals surface area (Å²) < 4.78 is 56.7. The Labute approximate surface area is 795 Å². The summed E-state index contributed by atoms with van der Waals surface area (Å²) in [6.07, 6.45) is 16.1. The van der Waals surface area contributed by atoms with Gasteiger partial charge in [-0.2, -0.15) is 0 Å². The van der Waals surface area contributed by atoms with E-state index in [-0.39, 0.29) is 139 Å². The first-order valence-electron chi connectivity index (χ1n) is 48.8. The molecule has 23 nitrogen and oxygen atoms in total. The molecule has 6 unspecified atom stereocenters. The highest BCUT2D eigenvalue weighted by atomic mass is 16.5. The van der Waals surface area contributed by atoms with E-state index >= 15 is 9.59 Å². The summed E-state index contributed by atoms with van der Waals surface area (Å²) in [5, 5.41) is 18.6. The SMILES string of the molecule is CCCC(CC)COc1cc(C(=O)Nc2ccc(C(=O)OC)cc2OCC(CC)CCC)ccc1NC(=O)c1ccc(NC(=O)c2cc(C(C)(C)C)cc3c2Oc2c(C(=O)Nc4ccc(C(=O)Nc5ccc(C(=O)Nc6ccc(C(=O)OC)cc6OCC(CC)CCC)cc5OCC(CC)CCC)cc4OCC(CC)CCC)cc(C(C)(C)C)cc2C3(C)C)c(OCC(CC)CCC)c1. The fourth-order valence-corrected chi connectivity index (χ4v) is 16.7. The first-order valence-corrected chi connectivity index (χ1v) is 48.8. The molecule has 9 rings (SSSR count). The number of carbonyl (C=O) groups is 8. The number of anilines is 6. The second-order valence-electron chi connectivity index (χ2n) is 38.2. The lowest BCUT2D eigenvalue weighted by atomic mass is 9.70. The number of rotatable bonds is 50. The van der Waals surface area contributed by atoms with Crippen LogP contribution in [0.15, 0.2) is 133 Å². The van der Waals surface area contributed by atoms with Gasteiger partial charge in [0.2, 0.25) is 0 Å². The van der Waals surface area contributed by atoms with Crippen LogP contribution >= 0.6 is 0 Å². The van der Waals surface area contributed by atoms with Gasteiger partial charge in [-0.1, -0.05) is 228 Å². The van der Waals surface area contributed by atoms with Gasteiger partial charge in [-0.3, -0.25) is 28.8 Å². The van der Waals surface area contributed by atoms with E-state index in [1.807, 2.05) is 12.1 Å². The summed E-state index contributed by atoms with van der Waals surface area (Å²) in [7, 11) is 2.62. The number of carbonyl (C=O) groups excluding carboxylic acids is 8. The van der Waals surface area contributed by atoms with E-state index in [1.165, 1.54) is 14.2 Å². The van der Waals surface area contributed by atoms with Crippen LogP contribution in [0.4, 0.5) is 34.1 Å². The fourth-order valence-electron chi connectivity index (χ4n) is 16.7. The van der Waals surface area contributed by atoms with Crippen molar-refractivity contribution >= 4 is 81.5 Å². The minimum absolute atomic E-state index is 0.138. The van der Waals surface area contributed by atoms with Crippen molar-refractivity contribution in [1.82, 2.24) is 0 Å². The Bertz CT molecular complexity index is 5050. The third kappa shape index (κ3) is 28.1. The number of hydrogen-bond donors (Lipinski definition) is 6. The molecule has 8 aromatic rings. The lowest BCUT2D eigenvalue weighted by Crippen LogP contribution is -2.30. The number of hydrogen-bond acceptors (Lipinski definition) is 17. The van der Waals surface area contributed by atoms with Crippen molar-refractivity contribution in [2.75, 3.05) is 85.8 Å². The topological polar surface area (TPSA) is 292 Å². The summed E-state index contributed by atoms with van der Waals surface area (Å²) >= 11 is 0. The Morgan fingerprint density at radius 1 is 0.291 bits per heavy atom. The van der Waals surface area contributed by atoms with Gasteiger partial charge in [0.1, 0.15) is 46.0 Å². The molecular weight excluding hydrogens is 1690 g/mol. The van der Waals surface area contributed by atoms with Crippen molar-refractivity contribution in [2.24, 2.45) is 35.5 Å². The van der Waals surface area contributed by atoms with E-state index in [0.29, 0.717) is 71.8 Å². The van der Waals surface area contributed by atoms with Gasteiger partial charge >= 0.3 is 11.9 Å². The monoisotopic (exact) mass is 1840 g/mol. The van der Waals surface area contributed by atoms with Crippen molar-refractivity contribution in [2.45, 2.75) is 270 Å². The predicted octanol–water partition coefficient (Wildman–Crippen LogP) is 27.0. The molecule has 6 atom stereocenters. The largest absolute Gasteiger partial charge is 0.491 e. The number of amides is 6. The van der Waals surface area contributed by atoms with Crippen LogP contribution in [0.3, 0.4) is 0 Å². The van der Waals surface area contributed by atoms with Gasteiger partial charge in [-0.05, 0) is 217 Å². The highest BCUT2D eigenvalue weighted by Gasteiger charge is 2.42. The van der Waals surface area contributed by atoms with E-state index < -0.39 is 63.6 Å². The molecule has 0 saturated carbocycles. The molecular formula is C111H148N6O17. The lowest BCUT2D eigenvalue weighted by molar-refractivity contribution is 0.0591. The maximum atomic E-state index is 15.9. The Balaban J connectivity index is 1.06. The molecule has 724 valence electrons. The molecule has 0 aromatic heterocycles. The Kier molecular flexibility index (Phi) is 39.4. The molecule has 0 bridgehead atoms. The highest BCUT2D eigenvalue weighted by Crippen LogP contribution is 2.54. The van der Waals surface area contributed by atoms with Crippen molar-refractivity contribution in [3.05, 3.63) is 200 Å². The zero-order valence-corrected chi connectivity index (χ0v) is 83.6. The molecule has 8 aromatic carbocycles. The predicted molar refractivity (Wildman–Crippen MR) is 537 cm³/mol. The average molecular weight is 1840 g/mol. The molecule has 0 saturated heterocycles. The van der Waals surface area contributed by atoms with Gasteiger partial charge in [0.25, 0.3) is 35.4 Å². The molecule has 0 fully saturated rings. The zero-order chi connectivity index (χ0) is 97.7. The summed E-state index contributed by atoms with van der Waals surface area (Å²) in [6, 6.07) is 36.8. The minimum Gasteiger partial charge on any atom is -0.491 e. The Morgan fingerprint density at radius 3 is 0.687 bits per heavy atom. The number of benzene rings is 8. The molecule has 0 aliphatic carbocycles. The van der Waals surface area contributed by atoms with Crippen molar-refractivity contribution in [3.63, 3.8) is 0 Å². The zero-order valence-electron chi connectivity index (χ0n) is 83.6. The maximum absolute atomic E-state index is 15.9. The molecule has 0 spiro atoms. The van der Waals surface area contributed by atoms with Crippen molar-refractivity contribution < 1.29 is 81.0 Å². The first kappa shape index (κ1) is 106. The van der Waals surface area contributed by atoms with Gasteiger partial charge < -0.3 is 74.5 Å². The smallest absolute Gasteiger partial charge is 0.337 e. The molecule has 1 aliphatic heterocycles. The standard InChI is InChI=1S/C111H148N6O17/c1-23-35-69(29-7)63-128-93-53-75(103(120)114-89-51-45-79(107(124)126-21)57-97(89)132-67-73(33-11)39-27-5)41-47-87(93)112-101(118)77-43-49-91(95(55-77)130-65-71(31-9)37-25-3)116-105(122)83-59-81(109(13,14)15)61-85-99(83)134-100-84(60-82(110(16,17)18)62-86(100)111(85,19)20)106(123)117-92-50-44-78(56-96(92)131-66-72(32-10)38-26-4)102(119)113-88-48-42-76(54-94(88)129-64-70(30-8)36-24-2)104(121)115-90-52-46-80(108(125)127-22)58-98(90)133-68-74(34-12)40-28-6/h41-62,69-74H,23-40,63-68H2,1-22H3,(H,112,118)(H,113,119)(H,114,120)(H,115,121)(H,116,122)(H,117,123). The lowest BCUT2D eigenvalue weighted by Gasteiger charge is -2.38. The van der Waals surface area contributed by atoms with E-state index in [4.69, 9.17) is 42.6 Å². The summed E-state index contributed by atoms with van der Waals surface area (Å²) in [4.78, 5) is 116. The van der Waals surface area contributed by atoms with Crippen LogP contribution < -0.4 is 65.1 Å². The number of methoxy groups -OCH3 is 2. The third-order valence-electron chi connectivity index (χ3n) is 25.7. The molecule has 1 heterocycles. The number of ether oxygens (including phenoxy) is 9. The van der Waals surface area contributed by atoms with E-state index in [9.17, 15) is 28.8 Å². The third-order valence-corrected chi connectivity index (χ3v) is 25.7. The summed E-state index contributed by atoms with van der Waals surface area (Å²) in [5.74, 6) is -0.911. The van der Waals surface area contributed by atoms with Crippen LogP contribution in [0.2, 0.25) is 0 Å². The van der Waals surface area contributed by atoms with Gasteiger partial charge in [0, 0.05) is 38.8 Å². The molecule has 6 N–H and O–H groups in total. The van der Waals surface area contributed by atoms with Crippen molar-refractivity contribution in [1.29, 1.82) is 0 Å². The highest BCUT2D eigenvalue weighted by molar-refractivity contribution is 6.13. The van der Waals surface area contributed by atoms with Crippen molar-refractivity contribution in [3.8, 4) is 46.0 Å². The molecule has 6 amide bonds. The molecule has 134 heavy (non-hydrogen) atoms.